The van der Waals surface area contributed by atoms with E-state index in [0.717, 1.165) is 26.8 Å². The molecule has 0 fully saturated rings. The Morgan fingerprint density at radius 2 is 2.19 bits per heavy atom. The van der Waals surface area contributed by atoms with E-state index in [-0.39, 0.29) is 0 Å². The van der Waals surface area contributed by atoms with Gasteiger partial charge < -0.3 is 5.32 Å². The second-order valence-electron chi connectivity index (χ2n) is 3.65. The van der Waals surface area contributed by atoms with Gasteiger partial charge in [0.2, 0.25) is 0 Å². The van der Waals surface area contributed by atoms with E-state index in [9.17, 15) is 4.79 Å². The number of fused-ring (bicyclic) bond motifs is 1. The zero-order valence-electron chi connectivity index (χ0n) is 8.49. The lowest BCUT2D eigenvalue weighted by Crippen LogP contribution is -2.10. The van der Waals surface area contributed by atoms with E-state index in [4.69, 9.17) is 0 Å². The molecule has 0 radical (unpaired) electrons. The number of nitrogens with one attached hydrogen (secondary N) is 1. The van der Waals surface area contributed by atoms with Gasteiger partial charge in [0.15, 0.2) is 0 Å². The van der Waals surface area contributed by atoms with Crippen molar-refractivity contribution in [1.82, 2.24) is 0 Å². The molecule has 1 N–H and O–H groups in total. The highest BCUT2D eigenvalue weighted by molar-refractivity contribution is 8.03. The van der Waals surface area contributed by atoms with Crippen molar-refractivity contribution < 1.29 is 4.79 Å². The molecule has 0 unspecified atom stereocenters. The van der Waals surface area contributed by atoms with Crippen molar-refractivity contribution in [2.24, 2.45) is 0 Å². The summed E-state index contributed by atoms with van der Waals surface area (Å²) in [6.07, 6.45) is 4.69. The molecule has 0 bridgehead atoms. The molecule has 1 aromatic rings. The second kappa shape index (κ2) is 3.71. The molecule has 3 heteroatoms. The predicted octanol–water partition coefficient (Wildman–Crippen LogP) is 3.13. The number of anilines is 1. The summed E-state index contributed by atoms with van der Waals surface area (Å²) in [6, 6.07) is 8.10. The molecule has 1 heterocycles. The lowest BCUT2D eigenvalue weighted by atomic mass is 10.1. The van der Waals surface area contributed by atoms with Gasteiger partial charge >= 0.3 is 0 Å². The first-order chi connectivity index (χ1) is 7.88. The second-order valence-corrected chi connectivity index (χ2v) is 4.71. The smallest absolute Gasteiger partial charge is 0.129 e. The minimum atomic E-state index is 0.680. The van der Waals surface area contributed by atoms with Gasteiger partial charge in [-0.25, -0.2) is 4.79 Å². The van der Waals surface area contributed by atoms with Gasteiger partial charge in [-0.3, -0.25) is 0 Å². The van der Waals surface area contributed by atoms with Gasteiger partial charge in [0.25, 0.3) is 0 Å². The third-order valence-corrected chi connectivity index (χ3v) is 3.86. The average molecular weight is 227 g/mol. The zero-order chi connectivity index (χ0) is 11.0. The Morgan fingerprint density at radius 3 is 3.06 bits per heavy atom. The molecule has 0 saturated heterocycles. The summed E-state index contributed by atoms with van der Waals surface area (Å²) in [6.45, 7) is 0. The third-order valence-electron chi connectivity index (χ3n) is 2.62. The summed E-state index contributed by atoms with van der Waals surface area (Å²) >= 11 is 1.64. The van der Waals surface area contributed by atoms with Crippen molar-refractivity contribution in [2.75, 3.05) is 5.32 Å². The number of benzene rings is 1. The van der Waals surface area contributed by atoms with Gasteiger partial charge in [-0.05, 0) is 18.2 Å². The number of hydrogen-bond acceptors (Lipinski definition) is 3. The van der Waals surface area contributed by atoms with Crippen molar-refractivity contribution in [3.63, 3.8) is 0 Å². The van der Waals surface area contributed by atoms with E-state index in [0.29, 0.717) is 6.42 Å². The third kappa shape index (κ3) is 1.42. The van der Waals surface area contributed by atoms with E-state index < -0.39 is 0 Å². The van der Waals surface area contributed by atoms with E-state index in [2.05, 4.69) is 11.4 Å². The fraction of sp³-hybridized carbons (Fsp3) is 0.0769. The van der Waals surface area contributed by atoms with Crippen LogP contribution >= 0.6 is 11.8 Å². The maximum atomic E-state index is 10.9. The minimum Gasteiger partial charge on any atom is -0.354 e. The molecule has 1 aliphatic carbocycles. The molecule has 0 amide bonds. The molecule has 0 saturated carbocycles. The molecule has 16 heavy (non-hydrogen) atoms. The van der Waals surface area contributed by atoms with Crippen molar-refractivity contribution in [3.05, 3.63) is 52.6 Å². The molecule has 78 valence electrons. The summed E-state index contributed by atoms with van der Waals surface area (Å²) < 4.78 is 0. The largest absolute Gasteiger partial charge is 0.354 e. The molecule has 2 nitrogen and oxygen atoms in total. The van der Waals surface area contributed by atoms with Crippen LogP contribution in [0.1, 0.15) is 6.42 Å². The quantitative estimate of drug-likeness (QED) is 0.690. The normalized spacial score (nSPS) is 17.4. The van der Waals surface area contributed by atoms with Crippen molar-refractivity contribution in [3.8, 4) is 0 Å². The minimum absolute atomic E-state index is 0.680. The number of allylic oxidation sites excluding steroid dienone is 3. The molecule has 0 atom stereocenters. The maximum absolute atomic E-state index is 10.9. The van der Waals surface area contributed by atoms with Crippen LogP contribution in [0.15, 0.2) is 57.5 Å². The zero-order valence-corrected chi connectivity index (χ0v) is 9.30. The van der Waals surface area contributed by atoms with Crippen LogP contribution in [0.4, 0.5) is 5.69 Å². The molecule has 3 rings (SSSR count). The monoisotopic (exact) mass is 227 g/mol. The van der Waals surface area contributed by atoms with Gasteiger partial charge in [0, 0.05) is 11.3 Å². The SMILES string of the molecule is O=C=C1CC=CC2=C1Sc1ccccc1N2. The van der Waals surface area contributed by atoms with Gasteiger partial charge in [0.1, 0.15) is 5.94 Å². The molecule has 2 aliphatic rings. The molecule has 0 spiro atoms. The van der Waals surface area contributed by atoms with E-state index in [1.807, 2.05) is 36.3 Å². The highest BCUT2D eigenvalue weighted by Crippen LogP contribution is 2.44. The molecular formula is C13H9NOS. The summed E-state index contributed by atoms with van der Waals surface area (Å²) in [4.78, 5) is 13.0. The summed E-state index contributed by atoms with van der Waals surface area (Å²) in [7, 11) is 0. The number of thioether (sulfide) groups is 1. The van der Waals surface area contributed by atoms with Crippen molar-refractivity contribution >= 4 is 23.4 Å². The van der Waals surface area contributed by atoms with Crippen LogP contribution in [0.25, 0.3) is 0 Å². The maximum Gasteiger partial charge on any atom is 0.129 e. The van der Waals surface area contributed by atoms with Crippen LogP contribution in [0.3, 0.4) is 0 Å². The Kier molecular flexibility index (Phi) is 2.21. The Labute approximate surface area is 97.7 Å². The van der Waals surface area contributed by atoms with E-state index in [1.165, 1.54) is 0 Å². The average Bonchev–Trinajstić information content (AvgIpc) is 2.35. The molecular weight excluding hydrogens is 218 g/mol. The van der Waals surface area contributed by atoms with Gasteiger partial charge in [-0.2, -0.15) is 0 Å². The lowest BCUT2D eigenvalue weighted by molar-refractivity contribution is 0.567. The summed E-state index contributed by atoms with van der Waals surface area (Å²) in [5.41, 5.74) is 2.85. The first-order valence-corrected chi connectivity index (χ1v) is 5.89. The van der Waals surface area contributed by atoms with Crippen LogP contribution in [-0.2, 0) is 4.79 Å². The Bertz CT molecular complexity index is 565. The van der Waals surface area contributed by atoms with Gasteiger partial charge in [-0.1, -0.05) is 30.0 Å². The fourth-order valence-corrected chi connectivity index (χ4v) is 2.92. The van der Waals surface area contributed by atoms with Crippen LogP contribution in [0, 0.1) is 0 Å². The highest BCUT2D eigenvalue weighted by Gasteiger charge is 2.21. The molecule has 1 aliphatic heterocycles. The van der Waals surface area contributed by atoms with E-state index >= 15 is 0 Å². The number of hydrogen-bond donors (Lipinski definition) is 1. The lowest BCUT2D eigenvalue weighted by Gasteiger charge is -2.24. The predicted molar refractivity (Wildman–Crippen MR) is 65.9 cm³/mol. The summed E-state index contributed by atoms with van der Waals surface area (Å²) in [5.74, 6) is 2.03. The topological polar surface area (TPSA) is 29.1 Å². The standard InChI is InChI=1S/C13H9NOS/c15-8-9-4-3-6-11-13(9)16-12-7-2-1-5-10(12)14-11/h1-3,5-7,14H,4H2. The number of rotatable bonds is 0. The Hall–Kier alpha value is -1.70. The summed E-state index contributed by atoms with van der Waals surface area (Å²) in [5, 5.41) is 3.34. The Morgan fingerprint density at radius 1 is 1.31 bits per heavy atom. The fourth-order valence-electron chi connectivity index (χ4n) is 1.84. The number of carbonyl (C=O) groups excluding carboxylic acids is 1. The van der Waals surface area contributed by atoms with Crippen LogP contribution in [0.5, 0.6) is 0 Å². The van der Waals surface area contributed by atoms with Gasteiger partial charge in [0.05, 0.1) is 21.9 Å². The van der Waals surface area contributed by atoms with E-state index in [1.54, 1.807) is 11.8 Å². The first kappa shape index (κ1) is 9.52. The van der Waals surface area contributed by atoms with Crippen molar-refractivity contribution in [1.29, 1.82) is 0 Å². The van der Waals surface area contributed by atoms with Crippen LogP contribution in [-0.4, -0.2) is 5.94 Å². The first-order valence-electron chi connectivity index (χ1n) is 5.07. The van der Waals surface area contributed by atoms with Crippen LogP contribution < -0.4 is 5.32 Å². The Balaban J connectivity index is 2.11. The number of para-hydroxylation sites is 1. The molecule has 1 aromatic carbocycles. The van der Waals surface area contributed by atoms with Crippen LogP contribution in [0.2, 0.25) is 0 Å². The molecule has 0 aromatic heterocycles. The van der Waals surface area contributed by atoms with Gasteiger partial charge in [-0.15, -0.1) is 0 Å². The van der Waals surface area contributed by atoms with Crippen molar-refractivity contribution in [2.45, 2.75) is 11.3 Å². The highest BCUT2D eigenvalue weighted by atomic mass is 32.2.